The van der Waals surface area contributed by atoms with Crippen LogP contribution in [0.4, 0.5) is 4.39 Å². The summed E-state index contributed by atoms with van der Waals surface area (Å²) in [4.78, 5) is 14.5. The third-order valence-corrected chi connectivity index (χ3v) is 4.21. The van der Waals surface area contributed by atoms with Gasteiger partial charge in [-0.15, -0.1) is 0 Å². The highest BCUT2D eigenvalue weighted by atomic mass is 19.1. The van der Waals surface area contributed by atoms with Gasteiger partial charge in [0.2, 0.25) is 5.91 Å². The van der Waals surface area contributed by atoms with Gasteiger partial charge in [0, 0.05) is 23.7 Å². The van der Waals surface area contributed by atoms with Crippen LogP contribution in [0.1, 0.15) is 38.7 Å². The molecule has 1 unspecified atom stereocenters. The molecule has 1 aromatic rings. The van der Waals surface area contributed by atoms with E-state index in [1.54, 1.807) is 31.2 Å². The van der Waals surface area contributed by atoms with Crippen LogP contribution in [-0.2, 0) is 4.79 Å². The number of piperidine rings is 1. The lowest BCUT2D eigenvalue weighted by atomic mass is 10.1. The Balaban J connectivity index is 1.87. The zero-order valence-corrected chi connectivity index (χ0v) is 13.4. The van der Waals surface area contributed by atoms with Crippen molar-refractivity contribution in [1.82, 2.24) is 10.2 Å². The molecular formula is C18H25FN2O. The molecule has 1 N–H and O–H groups in total. The number of hydrogen-bond acceptors (Lipinski definition) is 2. The van der Waals surface area contributed by atoms with Gasteiger partial charge in [-0.1, -0.05) is 24.6 Å². The maximum absolute atomic E-state index is 13.6. The first kappa shape index (κ1) is 16.7. The van der Waals surface area contributed by atoms with E-state index in [1.807, 2.05) is 0 Å². The molecular weight excluding hydrogens is 279 g/mol. The van der Waals surface area contributed by atoms with Gasteiger partial charge in [0.1, 0.15) is 5.82 Å². The van der Waals surface area contributed by atoms with Crippen LogP contribution in [0.25, 0.3) is 6.08 Å². The summed E-state index contributed by atoms with van der Waals surface area (Å²) < 4.78 is 13.6. The van der Waals surface area contributed by atoms with Crippen molar-refractivity contribution in [3.05, 3.63) is 41.2 Å². The summed E-state index contributed by atoms with van der Waals surface area (Å²) >= 11 is 0. The molecule has 0 spiro atoms. The number of carbonyl (C=O) groups excluding carboxylic acids is 1. The normalized spacial score (nSPS) is 18.0. The van der Waals surface area contributed by atoms with Crippen molar-refractivity contribution in [2.24, 2.45) is 0 Å². The number of rotatable bonds is 5. The Bertz CT molecular complexity index is 536. The van der Waals surface area contributed by atoms with Crippen molar-refractivity contribution < 1.29 is 9.18 Å². The molecule has 22 heavy (non-hydrogen) atoms. The number of benzene rings is 1. The Labute approximate surface area is 132 Å². The van der Waals surface area contributed by atoms with Crippen LogP contribution in [0.5, 0.6) is 0 Å². The number of amides is 1. The van der Waals surface area contributed by atoms with Gasteiger partial charge in [0.25, 0.3) is 0 Å². The zero-order chi connectivity index (χ0) is 15.9. The summed E-state index contributed by atoms with van der Waals surface area (Å²) in [6.07, 6.45) is 5.38. The van der Waals surface area contributed by atoms with Crippen LogP contribution in [0.15, 0.2) is 29.8 Å². The fourth-order valence-corrected chi connectivity index (χ4v) is 2.76. The quantitative estimate of drug-likeness (QED) is 0.847. The molecule has 3 nitrogen and oxygen atoms in total. The van der Waals surface area contributed by atoms with Gasteiger partial charge in [-0.2, -0.15) is 0 Å². The Hall–Kier alpha value is -1.68. The molecule has 0 aliphatic carbocycles. The van der Waals surface area contributed by atoms with E-state index in [1.165, 1.54) is 25.3 Å². The smallest absolute Gasteiger partial charge is 0.246 e. The summed E-state index contributed by atoms with van der Waals surface area (Å²) in [6.45, 7) is 6.71. The highest BCUT2D eigenvalue weighted by molar-refractivity contribution is 5.97. The van der Waals surface area contributed by atoms with Crippen LogP contribution < -0.4 is 5.32 Å². The van der Waals surface area contributed by atoms with E-state index >= 15 is 0 Å². The van der Waals surface area contributed by atoms with Crippen molar-refractivity contribution in [1.29, 1.82) is 0 Å². The Morgan fingerprint density at radius 2 is 2.00 bits per heavy atom. The maximum Gasteiger partial charge on any atom is 0.246 e. The second kappa shape index (κ2) is 8.08. The molecule has 1 aromatic carbocycles. The zero-order valence-electron chi connectivity index (χ0n) is 13.4. The van der Waals surface area contributed by atoms with Crippen molar-refractivity contribution in [3.63, 3.8) is 0 Å². The molecule has 4 heteroatoms. The van der Waals surface area contributed by atoms with Gasteiger partial charge in [0.05, 0.1) is 0 Å². The van der Waals surface area contributed by atoms with Gasteiger partial charge < -0.3 is 5.32 Å². The molecule has 1 aliphatic rings. The van der Waals surface area contributed by atoms with E-state index in [9.17, 15) is 9.18 Å². The average Bonchev–Trinajstić information content (AvgIpc) is 2.55. The van der Waals surface area contributed by atoms with Gasteiger partial charge in [-0.25, -0.2) is 4.39 Å². The van der Waals surface area contributed by atoms with E-state index in [-0.39, 0.29) is 11.7 Å². The Morgan fingerprint density at radius 1 is 1.32 bits per heavy atom. The molecule has 0 radical (unpaired) electrons. The van der Waals surface area contributed by atoms with Gasteiger partial charge >= 0.3 is 0 Å². The molecule has 1 heterocycles. The van der Waals surface area contributed by atoms with E-state index in [0.29, 0.717) is 23.7 Å². The largest absolute Gasteiger partial charge is 0.351 e. The molecule has 1 fully saturated rings. The number of halogens is 1. The average molecular weight is 304 g/mol. The number of nitrogens with zero attached hydrogens (tertiary/aromatic N) is 1. The lowest BCUT2D eigenvalue weighted by Gasteiger charge is -2.32. The standard InChI is InChI=1S/C18H25FN2O/c1-14(12-16-8-4-5-9-17(16)19)18(22)20-13-15(2)21-10-6-3-7-11-21/h4-5,8-9,12,15H,3,6-7,10-11,13H2,1-2H3,(H,20,22)/b14-12+. The van der Waals surface area contributed by atoms with E-state index in [4.69, 9.17) is 0 Å². The summed E-state index contributed by atoms with van der Waals surface area (Å²) in [7, 11) is 0. The van der Waals surface area contributed by atoms with Crippen molar-refractivity contribution >= 4 is 12.0 Å². The fraction of sp³-hybridized carbons (Fsp3) is 0.500. The monoisotopic (exact) mass is 304 g/mol. The van der Waals surface area contributed by atoms with Gasteiger partial charge in [0.15, 0.2) is 0 Å². The van der Waals surface area contributed by atoms with Crippen LogP contribution in [0, 0.1) is 5.82 Å². The lowest BCUT2D eigenvalue weighted by Crippen LogP contribution is -2.44. The van der Waals surface area contributed by atoms with Crippen LogP contribution in [0.2, 0.25) is 0 Å². The maximum atomic E-state index is 13.6. The van der Waals surface area contributed by atoms with Crippen LogP contribution in [-0.4, -0.2) is 36.5 Å². The Kier molecular flexibility index (Phi) is 6.13. The molecule has 0 aromatic heterocycles. The first-order chi connectivity index (χ1) is 10.6. The van der Waals surface area contributed by atoms with Crippen LogP contribution in [0.3, 0.4) is 0 Å². The van der Waals surface area contributed by atoms with Gasteiger partial charge in [-0.05, 0) is 51.9 Å². The SMILES string of the molecule is C/C(=C\c1ccccc1F)C(=O)NCC(C)N1CCCCC1. The second-order valence-electron chi connectivity index (χ2n) is 6.00. The summed E-state index contributed by atoms with van der Waals surface area (Å²) in [5, 5.41) is 2.95. The van der Waals surface area contributed by atoms with Crippen molar-refractivity contribution in [3.8, 4) is 0 Å². The molecule has 1 aliphatic heterocycles. The third-order valence-electron chi connectivity index (χ3n) is 4.21. The predicted molar refractivity (Wildman–Crippen MR) is 87.9 cm³/mol. The van der Waals surface area contributed by atoms with Crippen molar-refractivity contribution in [2.75, 3.05) is 19.6 Å². The van der Waals surface area contributed by atoms with Crippen molar-refractivity contribution in [2.45, 2.75) is 39.2 Å². The van der Waals surface area contributed by atoms with Crippen LogP contribution >= 0.6 is 0 Å². The van der Waals surface area contributed by atoms with E-state index in [0.717, 1.165) is 13.1 Å². The number of carbonyl (C=O) groups is 1. The second-order valence-corrected chi connectivity index (χ2v) is 6.00. The molecule has 1 saturated heterocycles. The molecule has 2 rings (SSSR count). The lowest BCUT2D eigenvalue weighted by molar-refractivity contribution is -0.117. The summed E-state index contributed by atoms with van der Waals surface area (Å²) in [5.74, 6) is -0.441. The molecule has 0 saturated carbocycles. The Morgan fingerprint density at radius 3 is 2.68 bits per heavy atom. The fourth-order valence-electron chi connectivity index (χ4n) is 2.76. The van der Waals surface area contributed by atoms with Gasteiger partial charge in [-0.3, -0.25) is 9.69 Å². The molecule has 120 valence electrons. The molecule has 1 atom stereocenters. The molecule has 1 amide bonds. The highest BCUT2D eigenvalue weighted by Gasteiger charge is 2.17. The number of nitrogens with one attached hydrogen (secondary N) is 1. The summed E-state index contributed by atoms with van der Waals surface area (Å²) in [5.41, 5.74) is 0.968. The molecule has 0 bridgehead atoms. The minimum absolute atomic E-state index is 0.132. The van der Waals surface area contributed by atoms with E-state index in [2.05, 4.69) is 17.1 Å². The number of hydrogen-bond donors (Lipinski definition) is 1. The predicted octanol–water partition coefficient (Wildman–Crippen LogP) is 3.22. The highest BCUT2D eigenvalue weighted by Crippen LogP contribution is 2.13. The summed E-state index contributed by atoms with van der Waals surface area (Å²) in [6, 6.07) is 6.81. The third kappa shape index (κ3) is 4.67. The topological polar surface area (TPSA) is 32.3 Å². The van der Waals surface area contributed by atoms with E-state index < -0.39 is 0 Å². The first-order valence-electron chi connectivity index (χ1n) is 8.03. The first-order valence-corrected chi connectivity index (χ1v) is 8.03. The minimum Gasteiger partial charge on any atom is -0.351 e. The number of likely N-dealkylation sites (tertiary alicyclic amines) is 1. The minimum atomic E-state index is -0.309.